The average molecular weight is 603 g/mol. The van der Waals surface area contributed by atoms with Crippen molar-refractivity contribution in [3.8, 4) is 11.5 Å². The Labute approximate surface area is 234 Å². The second-order valence-electron chi connectivity index (χ2n) is 10.6. The van der Waals surface area contributed by atoms with Gasteiger partial charge in [0.05, 0.1) is 30.7 Å². The molecule has 9 nitrogen and oxygen atoms in total. The Bertz CT molecular complexity index is 1440. The lowest BCUT2D eigenvalue weighted by atomic mass is 9.95. The number of anilines is 1. The Kier molecular flexibility index (Phi) is 8.18. The van der Waals surface area contributed by atoms with Gasteiger partial charge in [-0.3, -0.25) is 13.9 Å². The first-order valence-electron chi connectivity index (χ1n) is 12.8. The minimum absolute atomic E-state index is 0.00645. The summed E-state index contributed by atoms with van der Waals surface area (Å²) in [6.45, 7) is 1.19. The Morgan fingerprint density at radius 3 is 2.41 bits per heavy atom. The fourth-order valence-corrected chi connectivity index (χ4v) is 6.13. The molecular weight excluding hydrogens is 572 g/mol. The van der Waals surface area contributed by atoms with E-state index in [-0.39, 0.29) is 46.5 Å². The maximum atomic E-state index is 14.1. The van der Waals surface area contributed by atoms with Crippen LogP contribution in [-0.2, 0) is 30.8 Å². The summed E-state index contributed by atoms with van der Waals surface area (Å²) in [6.07, 6.45) is -4.37. The topological polar surface area (TPSA) is 125 Å². The minimum Gasteiger partial charge on any atom is -0.494 e. The zero-order valence-corrected chi connectivity index (χ0v) is 23.4. The van der Waals surface area contributed by atoms with Gasteiger partial charge in [-0.1, -0.05) is 6.07 Å². The third-order valence-electron chi connectivity index (χ3n) is 7.14. The second kappa shape index (κ2) is 11.0. The zero-order chi connectivity index (χ0) is 30.3. The molecule has 2 aliphatic rings. The van der Waals surface area contributed by atoms with E-state index in [0.717, 1.165) is 49.2 Å². The van der Waals surface area contributed by atoms with E-state index in [1.807, 2.05) is 0 Å². The fourth-order valence-electron chi connectivity index (χ4n) is 4.61. The van der Waals surface area contributed by atoms with Crippen molar-refractivity contribution < 1.29 is 49.8 Å². The van der Waals surface area contributed by atoms with E-state index >= 15 is 0 Å². The summed E-state index contributed by atoms with van der Waals surface area (Å²) in [7, 11) is -3.20. The summed E-state index contributed by atoms with van der Waals surface area (Å²) < 4.78 is 97.9. The van der Waals surface area contributed by atoms with Crippen molar-refractivity contribution in [3.63, 3.8) is 0 Å². The van der Waals surface area contributed by atoms with Crippen molar-refractivity contribution in [2.75, 3.05) is 18.0 Å². The lowest BCUT2D eigenvalue weighted by Gasteiger charge is -2.37. The van der Waals surface area contributed by atoms with Crippen molar-refractivity contribution in [1.29, 1.82) is 0 Å². The lowest BCUT2D eigenvalue weighted by molar-refractivity contribution is -0.257. The van der Waals surface area contributed by atoms with E-state index in [1.165, 1.54) is 25.3 Å². The number of esters is 1. The van der Waals surface area contributed by atoms with E-state index in [0.29, 0.717) is 0 Å². The maximum Gasteiger partial charge on any atom is 0.427 e. The van der Waals surface area contributed by atoms with Gasteiger partial charge in [-0.25, -0.2) is 12.8 Å². The number of benzene rings is 2. The van der Waals surface area contributed by atoms with Crippen molar-refractivity contribution in [2.24, 2.45) is 17.6 Å². The summed E-state index contributed by atoms with van der Waals surface area (Å²) in [5.41, 5.74) is 3.03. The van der Waals surface area contributed by atoms with Crippen LogP contribution in [0.25, 0.3) is 0 Å². The van der Waals surface area contributed by atoms with Gasteiger partial charge in [0.1, 0.15) is 11.9 Å². The van der Waals surface area contributed by atoms with E-state index in [2.05, 4.69) is 4.74 Å². The Morgan fingerprint density at radius 2 is 1.83 bits per heavy atom. The molecule has 0 unspecified atom stereocenters. The van der Waals surface area contributed by atoms with Crippen LogP contribution < -0.4 is 19.5 Å². The molecular formula is C27H30F4N2O7S. The van der Waals surface area contributed by atoms with Crippen molar-refractivity contribution in [2.45, 2.75) is 62.3 Å². The predicted octanol–water partition coefficient (Wildman–Crippen LogP) is 4.12. The molecule has 2 atom stereocenters. The number of fused-ring (bicyclic) bond motifs is 1. The summed E-state index contributed by atoms with van der Waals surface area (Å²) in [5, 5.41) is 0. The Hall–Kier alpha value is -3.55. The molecule has 0 radical (unpaired) electrons. The number of hydrogen-bond acceptors (Lipinski definition) is 7. The van der Waals surface area contributed by atoms with Crippen LogP contribution >= 0.6 is 0 Å². The van der Waals surface area contributed by atoms with Crippen LogP contribution in [0.15, 0.2) is 41.3 Å². The number of ether oxygens (including phenoxy) is 3. The number of nitrogens with zero attached hydrogens (tertiary/aromatic N) is 1. The van der Waals surface area contributed by atoms with Crippen LogP contribution in [0.1, 0.15) is 38.7 Å². The first kappa shape index (κ1) is 30.4. The number of hydrogen-bond donors (Lipinski definition) is 1. The van der Waals surface area contributed by atoms with Gasteiger partial charge in [-0.2, -0.15) is 13.2 Å². The largest absolute Gasteiger partial charge is 0.494 e. The second-order valence-corrected chi connectivity index (χ2v) is 12.5. The quantitative estimate of drug-likeness (QED) is 0.320. The van der Waals surface area contributed by atoms with Gasteiger partial charge in [-0.05, 0) is 68.9 Å². The first-order chi connectivity index (χ1) is 19.0. The van der Waals surface area contributed by atoms with E-state index < -0.39 is 57.9 Å². The molecule has 1 fully saturated rings. The van der Waals surface area contributed by atoms with E-state index in [4.69, 9.17) is 15.2 Å². The highest BCUT2D eigenvalue weighted by Crippen LogP contribution is 2.43. The number of amides is 1. The third kappa shape index (κ3) is 6.52. The van der Waals surface area contributed by atoms with Crippen molar-refractivity contribution in [3.05, 3.63) is 47.8 Å². The SMILES string of the molecule is COc1cc(S(=O)(=O)N2C[C@H](C[C@H](C(N)=O)C3CC3)Oc3ccc(CC(=O)OC(C)(C)C(F)(F)F)cc32)ccc1F. The summed E-state index contributed by atoms with van der Waals surface area (Å²) in [5.74, 6) is -3.11. The highest BCUT2D eigenvalue weighted by Gasteiger charge is 2.50. The summed E-state index contributed by atoms with van der Waals surface area (Å²) in [6, 6.07) is 7.12. The lowest BCUT2D eigenvalue weighted by Crippen LogP contribution is -2.45. The van der Waals surface area contributed by atoms with Gasteiger partial charge in [0.25, 0.3) is 10.0 Å². The van der Waals surface area contributed by atoms with Gasteiger partial charge in [0.15, 0.2) is 11.6 Å². The van der Waals surface area contributed by atoms with Gasteiger partial charge < -0.3 is 19.9 Å². The predicted molar refractivity (Wildman–Crippen MR) is 138 cm³/mol. The van der Waals surface area contributed by atoms with E-state index in [1.54, 1.807) is 0 Å². The molecule has 1 amide bonds. The van der Waals surface area contributed by atoms with Crippen molar-refractivity contribution >= 4 is 27.6 Å². The van der Waals surface area contributed by atoms with Gasteiger partial charge in [-0.15, -0.1) is 0 Å². The Balaban J connectivity index is 1.69. The van der Waals surface area contributed by atoms with Gasteiger partial charge in [0, 0.05) is 12.0 Å². The molecule has 41 heavy (non-hydrogen) atoms. The molecule has 0 saturated heterocycles. The molecule has 0 bridgehead atoms. The first-order valence-corrected chi connectivity index (χ1v) is 14.2. The monoisotopic (exact) mass is 602 g/mol. The molecule has 14 heteroatoms. The fraction of sp³-hybridized carbons (Fsp3) is 0.481. The minimum atomic E-state index is -4.80. The summed E-state index contributed by atoms with van der Waals surface area (Å²) >= 11 is 0. The zero-order valence-electron chi connectivity index (χ0n) is 22.5. The number of carbonyl (C=O) groups excluding carboxylic acids is 2. The Morgan fingerprint density at radius 1 is 1.15 bits per heavy atom. The van der Waals surface area contributed by atoms with Crippen LogP contribution in [0.3, 0.4) is 0 Å². The molecule has 2 aromatic rings. The molecule has 2 N–H and O–H groups in total. The van der Waals surface area contributed by atoms with Crippen LogP contribution in [0, 0.1) is 17.7 Å². The summed E-state index contributed by atoms with van der Waals surface area (Å²) in [4.78, 5) is 24.2. The highest BCUT2D eigenvalue weighted by atomic mass is 32.2. The molecule has 0 spiro atoms. The number of carbonyl (C=O) groups is 2. The normalized spacial score (nSPS) is 18.2. The number of methoxy groups -OCH3 is 1. The number of alkyl halides is 3. The standard InChI is InChI=1S/C27H30F4N2O7S/c1-26(2,27(29,30)31)40-24(34)11-15-4-9-22-21(10-15)33(14-17(39-22)12-19(25(32)35)16-5-6-16)41(36,37)18-7-8-20(28)23(13-18)38-3/h4,7-10,13,16-17,19H,5-6,11-12,14H2,1-3H3,(H2,32,35)/t17-,19-/m0/s1. The molecule has 2 aromatic carbocycles. The molecule has 1 aliphatic carbocycles. The number of rotatable bonds is 10. The molecule has 4 rings (SSSR count). The number of nitrogens with two attached hydrogens (primary N) is 1. The third-order valence-corrected chi connectivity index (χ3v) is 8.91. The molecule has 1 heterocycles. The van der Waals surface area contributed by atoms with E-state index in [9.17, 15) is 35.6 Å². The molecule has 1 aliphatic heterocycles. The number of halogens is 4. The highest BCUT2D eigenvalue weighted by molar-refractivity contribution is 7.92. The maximum absolute atomic E-state index is 14.1. The molecule has 224 valence electrons. The number of sulfonamides is 1. The average Bonchev–Trinajstić information content (AvgIpc) is 3.71. The van der Waals surface area contributed by atoms with Crippen LogP contribution in [0.4, 0.5) is 23.2 Å². The number of primary amides is 1. The molecule has 1 saturated carbocycles. The van der Waals surface area contributed by atoms with Gasteiger partial charge in [0.2, 0.25) is 11.5 Å². The van der Waals surface area contributed by atoms with Crippen LogP contribution in [-0.4, -0.2) is 51.8 Å². The smallest absolute Gasteiger partial charge is 0.427 e. The van der Waals surface area contributed by atoms with Crippen molar-refractivity contribution in [1.82, 2.24) is 0 Å². The van der Waals surface area contributed by atoms with Gasteiger partial charge >= 0.3 is 12.1 Å². The van der Waals surface area contributed by atoms with Crippen LogP contribution in [0.5, 0.6) is 11.5 Å². The van der Waals surface area contributed by atoms with Crippen LogP contribution in [0.2, 0.25) is 0 Å². The molecule has 0 aromatic heterocycles.